The first-order valence-electron chi connectivity index (χ1n) is 9.74. The topological polar surface area (TPSA) is 85.6 Å². The first-order chi connectivity index (χ1) is 15.5. The van der Waals surface area contributed by atoms with Crippen molar-refractivity contribution in [1.82, 2.24) is 30.3 Å². The fourth-order valence-electron chi connectivity index (χ4n) is 3.14. The van der Waals surface area contributed by atoms with Crippen molar-refractivity contribution in [1.29, 1.82) is 0 Å². The van der Waals surface area contributed by atoms with E-state index in [1.165, 1.54) is 10.7 Å². The lowest BCUT2D eigenvalue weighted by molar-refractivity contribution is -0.137. The molecule has 0 aliphatic heterocycles. The molecule has 1 amide bonds. The molecule has 1 aromatic carbocycles. The van der Waals surface area contributed by atoms with Gasteiger partial charge in [0.2, 0.25) is 0 Å². The highest BCUT2D eigenvalue weighted by molar-refractivity contribution is 6.34. The fraction of sp³-hybridized carbons (Fsp3) is 0.286. The predicted molar refractivity (Wildman–Crippen MR) is 113 cm³/mol. The van der Waals surface area contributed by atoms with Crippen molar-refractivity contribution in [2.75, 3.05) is 0 Å². The van der Waals surface area contributed by atoms with E-state index in [1.807, 2.05) is 0 Å². The van der Waals surface area contributed by atoms with Crippen LogP contribution in [-0.4, -0.2) is 36.9 Å². The Balaban J connectivity index is 1.86. The highest BCUT2D eigenvalue weighted by Gasteiger charge is 2.35. The Morgan fingerprint density at radius 3 is 2.55 bits per heavy atom. The predicted octanol–water partition coefficient (Wildman–Crippen LogP) is 4.52. The number of nitrogens with one attached hydrogen (secondary N) is 1. The molecule has 1 N–H and O–H groups in total. The monoisotopic (exact) mass is 482 g/mol. The minimum Gasteiger partial charge on any atom is -0.349 e. The Hall–Kier alpha value is -3.34. The van der Waals surface area contributed by atoms with E-state index in [9.17, 15) is 22.4 Å². The van der Waals surface area contributed by atoms with Gasteiger partial charge < -0.3 is 5.32 Å². The Labute approximate surface area is 191 Å². The molecule has 0 bridgehead atoms. The van der Waals surface area contributed by atoms with Gasteiger partial charge in [-0.25, -0.2) is 14.4 Å². The number of alkyl halides is 3. The molecule has 2 heterocycles. The van der Waals surface area contributed by atoms with Gasteiger partial charge in [-0.2, -0.15) is 17.9 Å². The maximum absolute atomic E-state index is 13.2. The molecule has 174 valence electrons. The number of rotatable bonds is 7. The summed E-state index contributed by atoms with van der Waals surface area (Å²) in [7, 11) is 0. The van der Waals surface area contributed by atoms with Gasteiger partial charge in [-0.3, -0.25) is 4.79 Å². The second-order valence-corrected chi connectivity index (χ2v) is 7.62. The lowest BCUT2D eigenvalue weighted by Gasteiger charge is -2.21. The van der Waals surface area contributed by atoms with Crippen molar-refractivity contribution < 1.29 is 22.4 Å². The van der Waals surface area contributed by atoms with E-state index in [0.29, 0.717) is 17.8 Å². The number of allylic oxidation sites excluding steroid dienone is 1. The van der Waals surface area contributed by atoms with Crippen LogP contribution in [0.4, 0.5) is 17.6 Å². The van der Waals surface area contributed by atoms with E-state index < -0.39 is 40.4 Å². The molecule has 1 unspecified atom stereocenters. The SMILES string of the molecule is C=CCc1c([C@@H](C)C(C)NC(=O)c2cccc(C(F)(F)F)c2Cl)nnn1-c1ncc(F)cn1. The Morgan fingerprint density at radius 2 is 1.94 bits per heavy atom. The molecule has 2 atom stereocenters. The van der Waals surface area contributed by atoms with Crippen LogP contribution in [0.5, 0.6) is 0 Å². The summed E-state index contributed by atoms with van der Waals surface area (Å²) >= 11 is 5.86. The van der Waals surface area contributed by atoms with Crippen molar-refractivity contribution in [2.45, 2.75) is 38.4 Å². The summed E-state index contributed by atoms with van der Waals surface area (Å²) in [5.74, 6) is -1.68. The molecular formula is C21H19ClF4N6O. The lowest BCUT2D eigenvalue weighted by atomic mass is 9.96. The summed E-state index contributed by atoms with van der Waals surface area (Å²) in [4.78, 5) is 20.5. The van der Waals surface area contributed by atoms with Gasteiger partial charge in [0.15, 0.2) is 5.82 Å². The second kappa shape index (κ2) is 9.65. The third kappa shape index (κ3) is 5.19. The molecule has 7 nitrogen and oxygen atoms in total. The second-order valence-electron chi connectivity index (χ2n) is 7.24. The number of carbonyl (C=O) groups excluding carboxylic acids is 1. The van der Waals surface area contributed by atoms with Crippen LogP contribution < -0.4 is 5.32 Å². The quantitative estimate of drug-likeness (QED) is 0.395. The molecule has 3 aromatic rings. The number of hydrogen-bond donors (Lipinski definition) is 1. The molecule has 0 saturated heterocycles. The molecule has 0 aliphatic carbocycles. The van der Waals surface area contributed by atoms with Gasteiger partial charge in [-0.1, -0.05) is 35.9 Å². The summed E-state index contributed by atoms with van der Waals surface area (Å²) < 4.78 is 53.8. The van der Waals surface area contributed by atoms with Crippen LogP contribution in [0.3, 0.4) is 0 Å². The number of halogens is 5. The highest BCUT2D eigenvalue weighted by atomic mass is 35.5. The zero-order chi connectivity index (χ0) is 24.3. The molecule has 0 spiro atoms. The van der Waals surface area contributed by atoms with Crippen molar-refractivity contribution in [3.05, 3.63) is 76.6 Å². The summed E-state index contributed by atoms with van der Waals surface area (Å²) in [6, 6.07) is 2.58. The summed E-state index contributed by atoms with van der Waals surface area (Å²) in [6.45, 7) is 7.15. The van der Waals surface area contributed by atoms with Gasteiger partial charge in [-0.05, 0) is 19.1 Å². The third-order valence-corrected chi connectivity index (χ3v) is 5.42. The normalized spacial score (nSPS) is 13.4. The average Bonchev–Trinajstić information content (AvgIpc) is 3.16. The number of nitrogens with zero attached hydrogens (tertiary/aromatic N) is 5. The number of hydrogen-bond acceptors (Lipinski definition) is 5. The summed E-state index contributed by atoms with van der Waals surface area (Å²) in [5.41, 5.74) is -0.318. The van der Waals surface area contributed by atoms with E-state index in [-0.39, 0.29) is 11.5 Å². The standard InChI is InChI=1S/C21H19ClF4N6O/c1-4-6-16-18(30-31-32(16)20-27-9-13(23)10-28-20)11(2)12(3)29-19(33)14-7-5-8-15(17(14)22)21(24,25)26/h4-5,7-12H,1,6H2,2-3H3,(H,29,33)/t11-,12?/m0/s1. The number of benzene rings is 1. The first-order valence-corrected chi connectivity index (χ1v) is 10.1. The maximum Gasteiger partial charge on any atom is 0.417 e. The molecule has 33 heavy (non-hydrogen) atoms. The van der Waals surface area contributed by atoms with Gasteiger partial charge in [0.05, 0.1) is 39.9 Å². The van der Waals surface area contributed by atoms with Gasteiger partial charge in [0, 0.05) is 18.4 Å². The largest absolute Gasteiger partial charge is 0.417 e. The van der Waals surface area contributed by atoms with Crippen LogP contribution in [-0.2, 0) is 12.6 Å². The zero-order valence-corrected chi connectivity index (χ0v) is 18.3. The minimum atomic E-state index is -4.69. The van der Waals surface area contributed by atoms with Gasteiger partial charge in [0.25, 0.3) is 11.9 Å². The molecule has 3 rings (SSSR count). The maximum atomic E-state index is 13.2. The highest BCUT2D eigenvalue weighted by Crippen LogP contribution is 2.36. The minimum absolute atomic E-state index is 0.103. The molecule has 0 aliphatic rings. The number of carbonyl (C=O) groups is 1. The van der Waals surface area contributed by atoms with Crippen LogP contribution in [0, 0.1) is 5.82 Å². The fourth-order valence-corrected chi connectivity index (χ4v) is 3.46. The molecule has 0 fully saturated rings. The van der Waals surface area contributed by atoms with Crippen LogP contribution >= 0.6 is 11.6 Å². The van der Waals surface area contributed by atoms with E-state index in [0.717, 1.165) is 24.5 Å². The lowest BCUT2D eigenvalue weighted by Crippen LogP contribution is -2.37. The van der Waals surface area contributed by atoms with E-state index >= 15 is 0 Å². The zero-order valence-electron chi connectivity index (χ0n) is 17.6. The van der Waals surface area contributed by atoms with Crippen molar-refractivity contribution >= 4 is 17.5 Å². The van der Waals surface area contributed by atoms with Gasteiger partial charge in [-0.15, -0.1) is 11.7 Å². The molecule has 2 aromatic heterocycles. The Kier molecular flexibility index (Phi) is 7.11. The Bertz CT molecular complexity index is 1160. The van der Waals surface area contributed by atoms with Crippen molar-refractivity contribution in [3.8, 4) is 5.95 Å². The molecule has 0 radical (unpaired) electrons. The summed E-state index contributed by atoms with van der Waals surface area (Å²) in [5, 5.41) is 10.2. The van der Waals surface area contributed by atoms with Crippen LogP contribution in [0.1, 0.15) is 47.1 Å². The van der Waals surface area contributed by atoms with Crippen molar-refractivity contribution in [2.24, 2.45) is 0 Å². The van der Waals surface area contributed by atoms with E-state index in [4.69, 9.17) is 11.6 Å². The molecule has 0 saturated carbocycles. The smallest absolute Gasteiger partial charge is 0.349 e. The average molecular weight is 483 g/mol. The number of amides is 1. The third-order valence-electron chi connectivity index (χ3n) is 5.02. The molecule has 12 heteroatoms. The van der Waals surface area contributed by atoms with Crippen LogP contribution in [0.2, 0.25) is 5.02 Å². The van der Waals surface area contributed by atoms with E-state index in [1.54, 1.807) is 19.9 Å². The number of aromatic nitrogens is 5. The molecular weight excluding hydrogens is 464 g/mol. The van der Waals surface area contributed by atoms with Crippen LogP contribution in [0.15, 0.2) is 43.2 Å². The van der Waals surface area contributed by atoms with Gasteiger partial charge in [0.1, 0.15) is 0 Å². The van der Waals surface area contributed by atoms with Gasteiger partial charge >= 0.3 is 6.18 Å². The van der Waals surface area contributed by atoms with E-state index in [2.05, 4.69) is 32.2 Å². The Morgan fingerprint density at radius 1 is 1.27 bits per heavy atom. The first kappa shape index (κ1) is 24.3. The van der Waals surface area contributed by atoms with Crippen LogP contribution in [0.25, 0.3) is 5.95 Å². The summed E-state index contributed by atoms with van der Waals surface area (Å²) in [6.07, 6.45) is -0.764. The van der Waals surface area contributed by atoms with Crippen molar-refractivity contribution in [3.63, 3.8) is 0 Å².